The van der Waals surface area contributed by atoms with Crippen LogP contribution in [-0.4, -0.2) is 25.0 Å². The molecule has 0 fully saturated rings. The van der Waals surface area contributed by atoms with Crippen LogP contribution in [0.2, 0.25) is 0 Å². The Morgan fingerprint density at radius 3 is 2.27 bits per heavy atom. The van der Waals surface area contributed by atoms with Crippen molar-refractivity contribution in [2.45, 2.75) is 46.7 Å². The first-order valence-corrected chi connectivity index (χ1v) is 7.48. The largest absolute Gasteiger partial charge is 0.496 e. The predicted molar refractivity (Wildman–Crippen MR) is 86.7 cm³/mol. The molecule has 0 aliphatic carbocycles. The van der Waals surface area contributed by atoms with Gasteiger partial charge in [-0.15, -0.1) is 0 Å². The third-order valence-electron chi connectivity index (χ3n) is 3.52. The first-order chi connectivity index (χ1) is 10.3. The van der Waals surface area contributed by atoms with Crippen LogP contribution < -0.4 is 15.4 Å². The number of amides is 2. The summed E-state index contributed by atoms with van der Waals surface area (Å²) in [5.74, 6) is 0.338. The number of ether oxygens (including phenoxy) is 1. The molecule has 2 atom stereocenters. The molecular weight excluding hydrogens is 280 g/mol. The van der Waals surface area contributed by atoms with Crippen molar-refractivity contribution in [1.82, 2.24) is 10.6 Å². The van der Waals surface area contributed by atoms with Crippen LogP contribution in [0.25, 0.3) is 0 Å². The monoisotopic (exact) mass is 306 g/mol. The predicted octanol–water partition coefficient (Wildman–Crippen LogP) is 2.34. The molecule has 0 unspecified atom stereocenters. The SMILES string of the molecule is COc1ccc(C)cc1[C@@H](C)NC(=O)[C@@H](NC(C)=O)C(C)C. The number of nitrogens with one attached hydrogen (secondary N) is 2. The van der Waals surface area contributed by atoms with Crippen LogP contribution >= 0.6 is 0 Å². The number of hydrogen-bond donors (Lipinski definition) is 2. The van der Waals surface area contributed by atoms with E-state index in [1.165, 1.54) is 6.92 Å². The Morgan fingerprint density at radius 1 is 1.14 bits per heavy atom. The Hall–Kier alpha value is -2.04. The fourth-order valence-corrected chi connectivity index (χ4v) is 2.33. The van der Waals surface area contributed by atoms with Gasteiger partial charge < -0.3 is 15.4 Å². The summed E-state index contributed by atoms with van der Waals surface area (Å²) in [6.07, 6.45) is 0. The van der Waals surface area contributed by atoms with E-state index in [0.717, 1.165) is 16.9 Å². The molecule has 0 spiro atoms. The van der Waals surface area contributed by atoms with E-state index in [0.29, 0.717) is 0 Å². The normalized spacial score (nSPS) is 13.4. The van der Waals surface area contributed by atoms with Crippen molar-refractivity contribution in [3.63, 3.8) is 0 Å². The van der Waals surface area contributed by atoms with Gasteiger partial charge in [-0.2, -0.15) is 0 Å². The number of carbonyl (C=O) groups is 2. The molecule has 2 N–H and O–H groups in total. The lowest BCUT2D eigenvalue weighted by Gasteiger charge is -2.24. The van der Waals surface area contributed by atoms with Gasteiger partial charge in [0.15, 0.2) is 0 Å². The van der Waals surface area contributed by atoms with Gasteiger partial charge in [0, 0.05) is 12.5 Å². The van der Waals surface area contributed by atoms with Gasteiger partial charge in [-0.25, -0.2) is 0 Å². The van der Waals surface area contributed by atoms with Gasteiger partial charge in [0.05, 0.1) is 13.2 Å². The van der Waals surface area contributed by atoms with E-state index in [-0.39, 0.29) is 23.8 Å². The lowest BCUT2D eigenvalue weighted by molar-refractivity contribution is -0.129. The molecule has 0 aliphatic rings. The molecule has 0 bridgehead atoms. The molecule has 0 aromatic heterocycles. The fourth-order valence-electron chi connectivity index (χ4n) is 2.33. The first-order valence-electron chi connectivity index (χ1n) is 7.48. The highest BCUT2D eigenvalue weighted by Gasteiger charge is 2.25. The van der Waals surface area contributed by atoms with Crippen LogP contribution in [0.15, 0.2) is 18.2 Å². The van der Waals surface area contributed by atoms with Crippen LogP contribution in [0.1, 0.15) is 44.9 Å². The van der Waals surface area contributed by atoms with E-state index in [1.807, 2.05) is 45.9 Å². The van der Waals surface area contributed by atoms with Gasteiger partial charge >= 0.3 is 0 Å². The fraction of sp³-hybridized carbons (Fsp3) is 0.529. The van der Waals surface area contributed by atoms with E-state index in [4.69, 9.17) is 4.74 Å². The van der Waals surface area contributed by atoms with Crippen molar-refractivity contribution in [3.8, 4) is 5.75 Å². The van der Waals surface area contributed by atoms with Crippen molar-refractivity contribution in [1.29, 1.82) is 0 Å². The van der Waals surface area contributed by atoms with Crippen molar-refractivity contribution in [2.75, 3.05) is 7.11 Å². The maximum Gasteiger partial charge on any atom is 0.243 e. The lowest BCUT2D eigenvalue weighted by Crippen LogP contribution is -2.49. The summed E-state index contributed by atoms with van der Waals surface area (Å²) in [4.78, 5) is 23.7. The minimum absolute atomic E-state index is 0.00973. The second kappa shape index (κ2) is 7.82. The van der Waals surface area contributed by atoms with Gasteiger partial charge in [0.25, 0.3) is 0 Å². The number of hydrogen-bond acceptors (Lipinski definition) is 3. The third kappa shape index (κ3) is 4.76. The van der Waals surface area contributed by atoms with Gasteiger partial charge in [-0.05, 0) is 25.8 Å². The van der Waals surface area contributed by atoms with E-state index in [1.54, 1.807) is 7.11 Å². The molecule has 5 nitrogen and oxygen atoms in total. The Kier molecular flexibility index (Phi) is 6.40. The van der Waals surface area contributed by atoms with Crippen LogP contribution in [0.3, 0.4) is 0 Å². The summed E-state index contributed by atoms with van der Waals surface area (Å²) < 4.78 is 5.35. The van der Waals surface area contributed by atoms with E-state index >= 15 is 0 Å². The topological polar surface area (TPSA) is 67.4 Å². The number of aryl methyl sites for hydroxylation is 1. The molecule has 122 valence electrons. The molecule has 1 aromatic rings. The average Bonchev–Trinajstić information content (AvgIpc) is 2.43. The minimum Gasteiger partial charge on any atom is -0.496 e. The standard InChI is InChI=1S/C17H26N2O3/c1-10(2)16(19-13(5)20)17(21)18-12(4)14-9-11(3)7-8-15(14)22-6/h7-10,12,16H,1-6H3,(H,18,21)(H,19,20)/t12-,16+/m1/s1. The van der Waals surface area contributed by atoms with Crippen molar-refractivity contribution < 1.29 is 14.3 Å². The molecule has 0 saturated heterocycles. The molecule has 0 radical (unpaired) electrons. The Balaban J connectivity index is 2.90. The minimum atomic E-state index is -0.546. The number of rotatable bonds is 6. The zero-order valence-corrected chi connectivity index (χ0v) is 14.2. The van der Waals surface area contributed by atoms with Gasteiger partial charge in [-0.1, -0.05) is 31.5 Å². The molecule has 2 amide bonds. The molecule has 1 rings (SSSR count). The summed E-state index contributed by atoms with van der Waals surface area (Å²) in [5.41, 5.74) is 2.01. The van der Waals surface area contributed by atoms with Gasteiger partial charge in [0.1, 0.15) is 11.8 Å². The zero-order valence-electron chi connectivity index (χ0n) is 14.2. The van der Waals surface area contributed by atoms with E-state index < -0.39 is 6.04 Å². The Morgan fingerprint density at radius 2 is 1.77 bits per heavy atom. The van der Waals surface area contributed by atoms with Crippen molar-refractivity contribution in [3.05, 3.63) is 29.3 Å². The third-order valence-corrected chi connectivity index (χ3v) is 3.52. The smallest absolute Gasteiger partial charge is 0.243 e. The summed E-state index contributed by atoms with van der Waals surface area (Å²) in [7, 11) is 1.61. The highest BCUT2D eigenvalue weighted by molar-refractivity contribution is 5.87. The number of benzene rings is 1. The van der Waals surface area contributed by atoms with Crippen molar-refractivity contribution in [2.24, 2.45) is 5.92 Å². The summed E-state index contributed by atoms with van der Waals surface area (Å²) in [5, 5.41) is 5.64. The molecule has 0 saturated carbocycles. The second-order valence-electron chi connectivity index (χ2n) is 5.90. The number of methoxy groups -OCH3 is 1. The molecule has 0 aliphatic heterocycles. The molecule has 0 heterocycles. The van der Waals surface area contributed by atoms with Crippen molar-refractivity contribution >= 4 is 11.8 Å². The van der Waals surface area contributed by atoms with Gasteiger partial charge in [0.2, 0.25) is 11.8 Å². The summed E-state index contributed by atoms with van der Waals surface area (Å²) in [6, 6.07) is 5.09. The Labute approximate surface area is 132 Å². The molecular formula is C17H26N2O3. The zero-order chi connectivity index (χ0) is 16.9. The maximum absolute atomic E-state index is 12.4. The highest BCUT2D eigenvalue weighted by atomic mass is 16.5. The highest BCUT2D eigenvalue weighted by Crippen LogP contribution is 2.26. The Bertz CT molecular complexity index is 541. The second-order valence-corrected chi connectivity index (χ2v) is 5.90. The number of carbonyl (C=O) groups excluding carboxylic acids is 2. The van der Waals surface area contributed by atoms with Crippen LogP contribution in [-0.2, 0) is 9.59 Å². The van der Waals surface area contributed by atoms with E-state index in [2.05, 4.69) is 10.6 Å². The first kappa shape index (κ1) is 18.0. The average molecular weight is 306 g/mol. The lowest BCUT2D eigenvalue weighted by atomic mass is 10.0. The van der Waals surface area contributed by atoms with E-state index in [9.17, 15) is 9.59 Å². The summed E-state index contributed by atoms with van der Waals surface area (Å²) >= 11 is 0. The molecule has 5 heteroatoms. The van der Waals surface area contributed by atoms with Crippen LogP contribution in [0, 0.1) is 12.8 Å². The quantitative estimate of drug-likeness (QED) is 0.847. The van der Waals surface area contributed by atoms with Crippen LogP contribution in [0.5, 0.6) is 5.75 Å². The van der Waals surface area contributed by atoms with Gasteiger partial charge in [-0.3, -0.25) is 9.59 Å². The molecule has 22 heavy (non-hydrogen) atoms. The molecule has 1 aromatic carbocycles. The summed E-state index contributed by atoms with van der Waals surface area (Å²) in [6.45, 7) is 9.11. The van der Waals surface area contributed by atoms with Crippen LogP contribution in [0.4, 0.5) is 0 Å². The maximum atomic E-state index is 12.4.